The SMILES string of the molecule is Cn1c(NCc2ccc(F)cc2)nc2cc([N+](=O)[O-])ccc21. The maximum Gasteiger partial charge on any atom is 0.271 e. The fraction of sp³-hybridized carbons (Fsp3) is 0.133. The summed E-state index contributed by atoms with van der Waals surface area (Å²) < 4.78 is 14.7. The Balaban J connectivity index is 1.86. The van der Waals surface area contributed by atoms with Crippen molar-refractivity contribution in [3.05, 3.63) is 64.0 Å². The largest absolute Gasteiger partial charge is 0.352 e. The van der Waals surface area contributed by atoms with Crippen molar-refractivity contribution in [3.8, 4) is 0 Å². The molecular weight excluding hydrogens is 287 g/mol. The summed E-state index contributed by atoms with van der Waals surface area (Å²) in [5.74, 6) is 0.318. The van der Waals surface area contributed by atoms with Crippen LogP contribution in [0.4, 0.5) is 16.0 Å². The predicted molar refractivity (Wildman–Crippen MR) is 81.1 cm³/mol. The first-order chi connectivity index (χ1) is 10.5. The van der Waals surface area contributed by atoms with E-state index in [2.05, 4.69) is 10.3 Å². The molecule has 0 saturated carbocycles. The molecule has 0 spiro atoms. The molecule has 0 bridgehead atoms. The lowest BCUT2D eigenvalue weighted by Gasteiger charge is -2.06. The Labute approximate surface area is 125 Å². The number of rotatable bonds is 4. The number of aryl methyl sites for hydroxylation is 1. The van der Waals surface area contributed by atoms with Gasteiger partial charge in [-0.25, -0.2) is 9.37 Å². The third kappa shape index (κ3) is 2.60. The molecular formula is C15H13FN4O2. The maximum absolute atomic E-state index is 12.9. The minimum absolute atomic E-state index is 0.00989. The summed E-state index contributed by atoms with van der Waals surface area (Å²) in [5.41, 5.74) is 2.28. The lowest BCUT2D eigenvalue weighted by molar-refractivity contribution is -0.384. The van der Waals surface area contributed by atoms with Crippen LogP contribution in [0.5, 0.6) is 0 Å². The van der Waals surface area contributed by atoms with E-state index < -0.39 is 4.92 Å². The number of fused-ring (bicyclic) bond motifs is 1. The van der Waals surface area contributed by atoms with E-state index in [1.165, 1.54) is 24.3 Å². The van der Waals surface area contributed by atoms with Gasteiger partial charge < -0.3 is 9.88 Å². The second kappa shape index (κ2) is 5.44. The van der Waals surface area contributed by atoms with Gasteiger partial charge in [-0.2, -0.15) is 0 Å². The number of nitrogens with one attached hydrogen (secondary N) is 1. The molecule has 6 nitrogen and oxygen atoms in total. The molecule has 1 N–H and O–H groups in total. The van der Waals surface area contributed by atoms with Crippen LogP contribution >= 0.6 is 0 Å². The van der Waals surface area contributed by atoms with Crippen LogP contribution in [-0.2, 0) is 13.6 Å². The van der Waals surface area contributed by atoms with Gasteiger partial charge in [0.1, 0.15) is 5.82 Å². The summed E-state index contributed by atoms with van der Waals surface area (Å²) in [7, 11) is 1.83. The van der Waals surface area contributed by atoms with E-state index >= 15 is 0 Å². The number of benzene rings is 2. The Morgan fingerprint density at radius 1 is 1.27 bits per heavy atom. The molecule has 0 fully saturated rings. The molecule has 7 heteroatoms. The number of non-ortho nitro benzene ring substituents is 1. The quantitative estimate of drug-likeness (QED) is 0.593. The zero-order valence-electron chi connectivity index (χ0n) is 11.8. The van der Waals surface area contributed by atoms with Gasteiger partial charge in [0, 0.05) is 25.7 Å². The molecule has 22 heavy (non-hydrogen) atoms. The molecule has 2 aromatic carbocycles. The highest BCUT2D eigenvalue weighted by Crippen LogP contribution is 2.23. The number of hydrogen-bond acceptors (Lipinski definition) is 4. The standard InChI is InChI=1S/C15H13FN4O2/c1-19-14-7-6-12(20(21)22)8-13(14)18-15(19)17-9-10-2-4-11(16)5-3-10/h2-8H,9H2,1H3,(H,17,18). The van der Waals surface area contributed by atoms with E-state index in [1.54, 1.807) is 18.2 Å². The summed E-state index contributed by atoms with van der Waals surface area (Å²) >= 11 is 0. The van der Waals surface area contributed by atoms with Crippen LogP contribution < -0.4 is 5.32 Å². The van der Waals surface area contributed by atoms with E-state index in [1.807, 2.05) is 11.6 Å². The van der Waals surface area contributed by atoms with Gasteiger partial charge in [-0.15, -0.1) is 0 Å². The van der Waals surface area contributed by atoms with Crippen molar-refractivity contribution in [2.24, 2.45) is 7.05 Å². The molecule has 0 amide bonds. The third-order valence-corrected chi connectivity index (χ3v) is 3.44. The smallest absolute Gasteiger partial charge is 0.271 e. The monoisotopic (exact) mass is 300 g/mol. The van der Waals surface area contributed by atoms with E-state index in [9.17, 15) is 14.5 Å². The number of nitrogens with zero attached hydrogens (tertiary/aromatic N) is 3. The van der Waals surface area contributed by atoms with Gasteiger partial charge in [0.05, 0.1) is 16.0 Å². The summed E-state index contributed by atoms with van der Waals surface area (Å²) in [6, 6.07) is 10.7. The van der Waals surface area contributed by atoms with E-state index in [-0.39, 0.29) is 11.5 Å². The van der Waals surface area contributed by atoms with Crippen LogP contribution in [0.15, 0.2) is 42.5 Å². The number of nitro groups is 1. The summed E-state index contributed by atoms with van der Waals surface area (Å²) in [5, 5.41) is 13.9. The van der Waals surface area contributed by atoms with E-state index in [0.717, 1.165) is 11.1 Å². The first-order valence-corrected chi connectivity index (χ1v) is 6.64. The highest BCUT2D eigenvalue weighted by atomic mass is 19.1. The summed E-state index contributed by atoms with van der Waals surface area (Å²) in [6.45, 7) is 0.486. The van der Waals surface area contributed by atoms with Gasteiger partial charge in [-0.05, 0) is 23.8 Å². The van der Waals surface area contributed by atoms with Gasteiger partial charge in [-0.1, -0.05) is 12.1 Å². The molecule has 0 aliphatic carbocycles. The first-order valence-electron chi connectivity index (χ1n) is 6.64. The zero-order valence-corrected chi connectivity index (χ0v) is 11.8. The number of aromatic nitrogens is 2. The van der Waals surface area contributed by atoms with Crippen LogP contribution in [0.1, 0.15) is 5.56 Å². The maximum atomic E-state index is 12.9. The van der Waals surface area contributed by atoms with Crippen molar-refractivity contribution < 1.29 is 9.31 Å². The molecule has 0 aliphatic rings. The molecule has 112 valence electrons. The fourth-order valence-corrected chi connectivity index (χ4v) is 2.24. The molecule has 0 aliphatic heterocycles. The third-order valence-electron chi connectivity index (χ3n) is 3.44. The highest BCUT2D eigenvalue weighted by Gasteiger charge is 2.12. The Kier molecular flexibility index (Phi) is 3.46. The molecule has 0 atom stereocenters. The van der Waals surface area contributed by atoms with Crippen LogP contribution in [0.2, 0.25) is 0 Å². The summed E-state index contributed by atoms with van der Waals surface area (Å²) in [6.07, 6.45) is 0. The number of hydrogen-bond donors (Lipinski definition) is 1. The fourth-order valence-electron chi connectivity index (χ4n) is 2.24. The van der Waals surface area contributed by atoms with E-state index in [0.29, 0.717) is 18.0 Å². The lowest BCUT2D eigenvalue weighted by atomic mass is 10.2. The van der Waals surface area contributed by atoms with Crippen LogP contribution in [0, 0.1) is 15.9 Å². The minimum atomic E-state index is -0.445. The second-order valence-electron chi connectivity index (χ2n) is 4.90. The zero-order chi connectivity index (χ0) is 15.7. The topological polar surface area (TPSA) is 73.0 Å². The van der Waals surface area contributed by atoms with E-state index in [4.69, 9.17) is 0 Å². The van der Waals surface area contributed by atoms with Crippen LogP contribution in [0.25, 0.3) is 11.0 Å². The lowest BCUT2D eigenvalue weighted by Crippen LogP contribution is -2.04. The number of imidazole rings is 1. The second-order valence-corrected chi connectivity index (χ2v) is 4.90. The van der Waals surface area contributed by atoms with Gasteiger partial charge in [0.15, 0.2) is 0 Å². The Morgan fingerprint density at radius 3 is 2.68 bits per heavy atom. The number of nitro benzene ring substituents is 1. The Morgan fingerprint density at radius 2 is 2.00 bits per heavy atom. The van der Waals surface area contributed by atoms with Gasteiger partial charge in [0.25, 0.3) is 5.69 Å². The van der Waals surface area contributed by atoms with Crippen molar-refractivity contribution in [1.29, 1.82) is 0 Å². The first kappa shape index (κ1) is 14.0. The number of halogens is 1. The van der Waals surface area contributed by atoms with Gasteiger partial charge in [0.2, 0.25) is 5.95 Å². The normalized spacial score (nSPS) is 10.8. The summed E-state index contributed by atoms with van der Waals surface area (Å²) in [4.78, 5) is 14.7. The Hall–Kier alpha value is -2.96. The van der Waals surface area contributed by atoms with Gasteiger partial charge >= 0.3 is 0 Å². The molecule has 3 aromatic rings. The van der Waals surface area contributed by atoms with Crippen molar-refractivity contribution in [3.63, 3.8) is 0 Å². The minimum Gasteiger partial charge on any atom is -0.352 e. The molecule has 1 heterocycles. The molecule has 1 aromatic heterocycles. The van der Waals surface area contributed by atoms with Crippen LogP contribution in [0.3, 0.4) is 0 Å². The average Bonchev–Trinajstić information content (AvgIpc) is 2.82. The molecule has 3 rings (SSSR count). The van der Waals surface area contributed by atoms with Crippen molar-refractivity contribution >= 4 is 22.7 Å². The molecule has 0 saturated heterocycles. The van der Waals surface area contributed by atoms with Crippen LogP contribution in [-0.4, -0.2) is 14.5 Å². The van der Waals surface area contributed by atoms with Gasteiger partial charge in [-0.3, -0.25) is 10.1 Å². The molecule has 0 unspecified atom stereocenters. The average molecular weight is 300 g/mol. The highest BCUT2D eigenvalue weighted by molar-refractivity contribution is 5.81. The molecule has 0 radical (unpaired) electrons. The van der Waals surface area contributed by atoms with Crippen molar-refractivity contribution in [2.45, 2.75) is 6.54 Å². The van der Waals surface area contributed by atoms with Crippen molar-refractivity contribution in [2.75, 3.05) is 5.32 Å². The van der Waals surface area contributed by atoms with Crippen molar-refractivity contribution in [1.82, 2.24) is 9.55 Å². The Bertz CT molecular complexity index is 843. The number of anilines is 1. The predicted octanol–water partition coefficient (Wildman–Crippen LogP) is 3.23.